The first kappa shape index (κ1) is 15.0. The maximum absolute atomic E-state index is 12.6. The summed E-state index contributed by atoms with van der Waals surface area (Å²) in [5, 5.41) is 4.16. The number of thiazole rings is 2. The Kier molecular flexibility index (Phi) is 3.66. The van der Waals surface area contributed by atoms with Crippen molar-refractivity contribution >= 4 is 43.9 Å². The zero-order chi connectivity index (χ0) is 16.7. The summed E-state index contributed by atoms with van der Waals surface area (Å²) in [7, 11) is 0. The number of benzene rings is 1. The van der Waals surface area contributed by atoms with Gasteiger partial charge >= 0.3 is 0 Å². The summed E-state index contributed by atoms with van der Waals surface area (Å²) < 4.78 is 6.62. The molecule has 4 rings (SSSR count). The molecule has 3 heterocycles. The molecule has 0 aliphatic rings. The van der Waals surface area contributed by atoms with Crippen molar-refractivity contribution in [2.45, 2.75) is 13.8 Å². The molecular weight excluding hydrogens is 342 g/mol. The van der Waals surface area contributed by atoms with Crippen LogP contribution in [0.2, 0.25) is 0 Å². The van der Waals surface area contributed by atoms with Gasteiger partial charge in [0.05, 0.1) is 15.9 Å². The van der Waals surface area contributed by atoms with E-state index in [2.05, 4.69) is 15.3 Å². The number of carbonyl (C=O) groups is 1. The van der Waals surface area contributed by atoms with Crippen molar-refractivity contribution < 1.29 is 9.21 Å². The quantitative estimate of drug-likeness (QED) is 0.568. The van der Waals surface area contributed by atoms with E-state index in [4.69, 9.17) is 4.42 Å². The van der Waals surface area contributed by atoms with Crippen molar-refractivity contribution in [3.8, 4) is 10.8 Å². The summed E-state index contributed by atoms with van der Waals surface area (Å²) in [5.74, 6) is 1.30. The molecule has 0 spiro atoms. The normalized spacial score (nSPS) is 11.1. The van der Waals surface area contributed by atoms with Crippen LogP contribution in [0.1, 0.15) is 21.1 Å². The first-order valence-corrected chi connectivity index (χ1v) is 8.94. The Morgan fingerprint density at radius 3 is 2.67 bits per heavy atom. The second kappa shape index (κ2) is 5.85. The van der Waals surface area contributed by atoms with Gasteiger partial charge in [0, 0.05) is 0 Å². The van der Waals surface area contributed by atoms with Gasteiger partial charge in [-0.15, -0.1) is 11.3 Å². The lowest BCUT2D eigenvalue weighted by Crippen LogP contribution is -2.11. The SMILES string of the molecule is Cc1ccc(-c2nc(C)c(C(=O)Nc3nc4ccccc4s3)s2)o1. The van der Waals surface area contributed by atoms with Gasteiger partial charge in [0.15, 0.2) is 15.9 Å². The Labute approximate surface area is 146 Å². The maximum Gasteiger partial charge on any atom is 0.269 e. The van der Waals surface area contributed by atoms with E-state index in [1.807, 2.05) is 50.2 Å². The number of hydrogen-bond acceptors (Lipinski definition) is 6. The van der Waals surface area contributed by atoms with E-state index >= 15 is 0 Å². The number of para-hydroxylation sites is 1. The zero-order valence-electron chi connectivity index (χ0n) is 13.0. The number of hydrogen-bond donors (Lipinski definition) is 1. The highest BCUT2D eigenvalue weighted by Gasteiger charge is 2.19. The molecule has 7 heteroatoms. The highest BCUT2D eigenvalue weighted by Crippen LogP contribution is 2.31. The Morgan fingerprint density at radius 1 is 1.08 bits per heavy atom. The molecule has 0 saturated carbocycles. The van der Waals surface area contributed by atoms with Crippen molar-refractivity contribution in [2.24, 2.45) is 0 Å². The van der Waals surface area contributed by atoms with Crippen LogP contribution in [0.15, 0.2) is 40.8 Å². The highest BCUT2D eigenvalue weighted by molar-refractivity contribution is 7.22. The number of nitrogens with one attached hydrogen (secondary N) is 1. The van der Waals surface area contributed by atoms with Crippen LogP contribution in [0.3, 0.4) is 0 Å². The molecule has 0 fully saturated rings. The van der Waals surface area contributed by atoms with Gasteiger partial charge in [-0.25, -0.2) is 9.97 Å². The molecule has 24 heavy (non-hydrogen) atoms. The summed E-state index contributed by atoms with van der Waals surface area (Å²) in [5.41, 5.74) is 1.56. The standard InChI is InChI=1S/C17H13N3O2S2/c1-9-7-8-12(22-9)16-18-10(2)14(24-16)15(21)20-17-19-11-5-3-4-6-13(11)23-17/h3-8H,1-2H3,(H,19,20,21). The van der Waals surface area contributed by atoms with Crippen LogP contribution in [-0.4, -0.2) is 15.9 Å². The lowest BCUT2D eigenvalue weighted by atomic mass is 10.3. The molecule has 0 radical (unpaired) electrons. The number of amides is 1. The van der Waals surface area contributed by atoms with Crippen LogP contribution in [0, 0.1) is 13.8 Å². The molecule has 1 aromatic carbocycles. The average Bonchev–Trinajstić information content (AvgIpc) is 3.24. The minimum atomic E-state index is -0.196. The summed E-state index contributed by atoms with van der Waals surface area (Å²) in [4.78, 5) is 22.0. The Morgan fingerprint density at radius 2 is 1.92 bits per heavy atom. The summed E-state index contributed by atoms with van der Waals surface area (Å²) in [6.45, 7) is 3.70. The van der Waals surface area contributed by atoms with Crippen LogP contribution < -0.4 is 5.32 Å². The number of carbonyl (C=O) groups excluding carboxylic acids is 1. The number of anilines is 1. The van der Waals surface area contributed by atoms with E-state index in [0.717, 1.165) is 16.0 Å². The minimum absolute atomic E-state index is 0.196. The first-order chi connectivity index (χ1) is 11.6. The van der Waals surface area contributed by atoms with Crippen molar-refractivity contribution in [1.82, 2.24) is 9.97 Å². The van der Waals surface area contributed by atoms with Gasteiger partial charge in [0.2, 0.25) is 0 Å². The van der Waals surface area contributed by atoms with Crippen LogP contribution in [0.25, 0.3) is 21.0 Å². The molecule has 0 unspecified atom stereocenters. The Hall–Kier alpha value is -2.51. The third-order valence-electron chi connectivity index (χ3n) is 3.47. The van der Waals surface area contributed by atoms with E-state index < -0.39 is 0 Å². The summed E-state index contributed by atoms with van der Waals surface area (Å²) >= 11 is 2.78. The fraction of sp³-hybridized carbons (Fsp3) is 0.118. The van der Waals surface area contributed by atoms with Gasteiger partial charge in [0.1, 0.15) is 10.6 Å². The largest absolute Gasteiger partial charge is 0.459 e. The molecule has 120 valence electrons. The molecular formula is C17H13N3O2S2. The van der Waals surface area contributed by atoms with E-state index in [-0.39, 0.29) is 5.91 Å². The molecule has 3 aromatic heterocycles. The van der Waals surface area contributed by atoms with Crippen LogP contribution in [0.5, 0.6) is 0 Å². The molecule has 0 aliphatic carbocycles. The number of aromatic nitrogens is 2. The Balaban J connectivity index is 1.61. The predicted octanol–water partition coefficient (Wildman–Crippen LogP) is 4.88. The lowest BCUT2D eigenvalue weighted by Gasteiger charge is -1.98. The van der Waals surface area contributed by atoms with Crippen molar-refractivity contribution in [1.29, 1.82) is 0 Å². The van der Waals surface area contributed by atoms with Crippen molar-refractivity contribution in [3.63, 3.8) is 0 Å². The van der Waals surface area contributed by atoms with E-state index in [0.29, 0.717) is 26.5 Å². The van der Waals surface area contributed by atoms with Crippen LogP contribution >= 0.6 is 22.7 Å². The smallest absolute Gasteiger partial charge is 0.269 e. The average molecular weight is 355 g/mol. The van der Waals surface area contributed by atoms with Crippen molar-refractivity contribution in [2.75, 3.05) is 5.32 Å². The summed E-state index contributed by atoms with van der Waals surface area (Å²) in [6, 6.07) is 11.5. The molecule has 0 aliphatic heterocycles. The van der Waals surface area contributed by atoms with Gasteiger partial charge in [-0.05, 0) is 38.1 Å². The monoisotopic (exact) mass is 355 g/mol. The van der Waals surface area contributed by atoms with Crippen molar-refractivity contribution in [3.05, 3.63) is 52.7 Å². The topological polar surface area (TPSA) is 68.0 Å². The molecule has 4 aromatic rings. The number of furan rings is 1. The highest BCUT2D eigenvalue weighted by atomic mass is 32.1. The van der Waals surface area contributed by atoms with Gasteiger partial charge in [0.25, 0.3) is 5.91 Å². The molecule has 1 N–H and O–H groups in total. The van der Waals surface area contributed by atoms with Gasteiger partial charge in [-0.3, -0.25) is 10.1 Å². The second-order valence-electron chi connectivity index (χ2n) is 5.28. The van der Waals surface area contributed by atoms with Gasteiger partial charge < -0.3 is 4.42 Å². The number of nitrogens with zero attached hydrogens (tertiary/aromatic N) is 2. The fourth-order valence-electron chi connectivity index (χ4n) is 2.34. The third-order valence-corrected chi connectivity index (χ3v) is 5.59. The Bertz CT molecular complexity index is 1010. The van der Waals surface area contributed by atoms with Gasteiger partial charge in [-0.1, -0.05) is 23.5 Å². The number of fused-ring (bicyclic) bond motifs is 1. The predicted molar refractivity (Wildman–Crippen MR) is 96.9 cm³/mol. The van der Waals surface area contributed by atoms with E-state index in [1.165, 1.54) is 22.7 Å². The molecule has 1 amide bonds. The van der Waals surface area contributed by atoms with E-state index in [1.54, 1.807) is 0 Å². The van der Waals surface area contributed by atoms with Crippen LogP contribution in [0.4, 0.5) is 5.13 Å². The molecule has 5 nitrogen and oxygen atoms in total. The summed E-state index contributed by atoms with van der Waals surface area (Å²) in [6.07, 6.45) is 0. The number of aryl methyl sites for hydroxylation is 2. The second-order valence-corrected chi connectivity index (χ2v) is 7.31. The van der Waals surface area contributed by atoms with E-state index in [9.17, 15) is 4.79 Å². The molecule has 0 atom stereocenters. The minimum Gasteiger partial charge on any atom is -0.459 e. The third kappa shape index (κ3) is 2.72. The van der Waals surface area contributed by atoms with Crippen LogP contribution in [-0.2, 0) is 0 Å². The fourth-order valence-corrected chi connectivity index (χ4v) is 4.13. The van der Waals surface area contributed by atoms with Gasteiger partial charge in [-0.2, -0.15) is 0 Å². The number of rotatable bonds is 3. The molecule has 0 bridgehead atoms. The molecule has 0 saturated heterocycles. The first-order valence-electron chi connectivity index (χ1n) is 7.31. The zero-order valence-corrected chi connectivity index (χ0v) is 14.6. The lowest BCUT2D eigenvalue weighted by molar-refractivity contribution is 0.103. The maximum atomic E-state index is 12.6.